The van der Waals surface area contributed by atoms with E-state index in [4.69, 9.17) is 4.42 Å². The normalized spacial score (nSPS) is 15.0. The highest BCUT2D eigenvalue weighted by Crippen LogP contribution is 2.43. The van der Waals surface area contributed by atoms with Crippen LogP contribution in [0.1, 0.15) is 34.9 Å². The Morgan fingerprint density at radius 3 is 2.58 bits per heavy atom. The number of carbonyl (C=O) groups is 1. The van der Waals surface area contributed by atoms with Crippen molar-refractivity contribution in [2.45, 2.75) is 23.7 Å². The number of fused-ring (bicyclic) bond motifs is 1. The van der Waals surface area contributed by atoms with E-state index in [2.05, 4.69) is 10.8 Å². The summed E-state index contributed by atoms with van der Waals surface area (Å²) >= 11 is -1.62. The van der Waals surface area contributed by atoms with Gasteiger partial charge in [-0.2, -0.15) is 4.72 Å². The van der Waals surface area contributed by atoms with Crippen LogP contribution in [0, 0.1) is 0 Å². The van der Waals surface area contributed by atoms with Crippen molar-refractivity contribution in [2.75, 3.05) is 19.0 Å². The predicted octanol–water partition coefficient (Wildman–Crippen LogP) is 3.83. The third-order valence-corrected chi connectivity index (χ3v) is 5.61. The summed E-state index contributed by atoms with van der Waals surface area (Å²) in [4.78, 5) is 15.1. The van der Waals surface area contributed by atoms with Crippen molar-refractivity contribution in [1.82, 2.24) is 4.72 Å². The molecule has 4 rings (SSSR count). The van der Waals surface area contributed by atoms with E-state index in [0.717, 1.165) is 11.1 Å². The van der Waals surface area contributed by atoms with Gasteiger partial charge < -0.3 is 13.9 Å². The van der Waals surface area contributed by atoms with E-state index in [1.165, 1.54) is 18.4 Å². The lowest BCUT2D eigenvalue weighted by Gasteiger charge is -2.14. The van der Waals surface area contributed by atoms with E-state index >= 15 is 0 Å². The van der Waals surface area contributed by atoms with Gasteiger partial charge in [0.15, 0.2) is 10.7 Å². The molecule has 26 heavy (non-hydrogen) atoms. The number of rotatable bonds is 5. The van der Waals surface area contributed by atoms with Crippen LogP contribution in [-0.2, 0) is 11.4 Å². The van der Waals surface area contributed by atoms with Crippen LogP contribution in [0.4, 0.5) is 5.69 Å². The van der Waals surface area contributed by atoms with Gasteiger partial charge in [0, 0.05) is 25.2 Å². The summed E-state index contributed by atoms with van der Waals surface area (Å²) in [5.74, 6) is 0.271. The quantitative estimate of drug-likeness (QED) is 0.695. The highest BCUT2D eigenvalue weighted by atomic mass is 32.2. The number of hydrogen-bond donors (Lipinski definition) is 1. The Labute approximate surface area is 155 Å². The summed E-state index contributed by atoms with van der Waals surface area (Å²) in [5, 5.41) is 0.884. The number of carbonyl (C=O) groups excluding carboxylic acids is 1. The molecule has 1 fully saturated rings. The third kappa shape index (κ3) is 3.30. The van der Waals surface area contributed by atoms with Crippen LogP contribution in [0.25, 0.3) is 11.0 Å². The van der Waals surface area contributed by atoms with E-state index in [9.17, 15) is 9.35 Å². The fraction of sp³-hybridized carbons (Fsp3) is 0.250. The largest absolute Gasteiger partial charge is 0.588 e. The number of amides is 1. The van der Waals surface area contributed by atoms with Crippen LogP contribution in [0.3, 0.4) is 0 Å². The average molecular weight is 368 g/mol. The Balaban J connectivity index is 1.64. The first-order valence-electron chi connectivity index (χ1n) is 8.55. The molecule has 1 aliphatic rings. The number of anilines is 1. The minimum absolute atomic E-state index is 0.167. The van der Waals surface area contributed by atoms with Crippen molar-refractivity contribution < 1.29 is 13.8 Å². The smallest absolute Gasteiger partial charge is 0.328 e. The summed E-state index contributed by atoms with van der Waals surface area (Å²) in [6.45, 7) is 0. The van der Waals surface area contributed by atoms with Crippen LogP contribution >= 0.6 is 0 Å². The topological polar surface area (TPSA) is 68.5 Å². The first kappa shape index (κ1) is 17.0. The van der Waals surface area contributed by atoms with Crippen LogP contribution in [0.15, 0.2) is 57.8 Å². The summed E-state index contributed by atoms with van der Waals surface area (Å²) in [5.41, 5.74) is 2.96. The second-order valence-electron chi connectivity index (χ2n) is 6.74. The van der Waals surface area contributed by atoms with Gasteiger partial charge in [-0.05, 0) is 54.7 Å². The number of nitrogens with zero attached hydrogens (tertiary/aromatic N) is 1. The van der Waals surface area contributed by atoms with Gasteiger partial charge in [0.05, 0.1) is 0 Å². The number of nitrogens with one attached hydrogen (secondary N) is 1. The summed E-state index contributed by atoms with van der Waals surface area (Å²) in [6.07, 6.45) is 2.39. The molecule has 0 spiro atoms. The average Bonchev–Trinajstić information content (AvgIpc) is 3.40. The van der Waals surface area contributed by atoms with E-state index in [1.807, 2.05) is 31.1 Å². The van der Waals surface area contributed by atoms with Gasteiger partial charge in [-0.15, -0.1) is 0 Å². The maximum atomic E-state index is 12.5. The molecule has 2 aromatic carbocycles. The lowest BCUT2D eigenvalue weighted by atomic mass is 10.1. The van der Waals surface area contributed by atoms with Gasteiger partial charge >= 0.3 is 5.91 Å². The van der Waals surface area contributed by atoms with Crippen molar-refractivity contribution in [2.24, 2.45) is 0 Å². The standard InChI is InChI=1S/C20H20N2O3S/c1-22(2)17-10-14(13-8-9-13)11-18-16(17)12-19(25-18)20(23)21-26(24)15-6-4-3-5-7-15/h3-7,10-13H,8-9H2,1-2H3,(H,21,23). The van der Waals surface area contributed by atoms with Crippen molar-refractivity contribution in [3.8, 4) is 0 Å². The van der Waals surface area contributed by atoms with E-state index in [0.29, 0.717) is 16.4 Å². The minimum atomic E-state index is -1.62. The van der Waals surface area contributed by atoms with Crippen LogP contribution < -0.4 is 9.62 Å². The fourth-order valence-corrected chi connectivity index (χ4v) is 3.80. The molecule has 0 aliphatic heterocycles. The molecule has 1 aliphatic carbocycles. The third-order valence-electron chi connectivity index (χ3n) is 4.53. The molecule has 0 saturated heterocycles. The van der Waals surface area contributed by atoms with Gasteiger partial charge in [-0.3, -0.25) is 4.79 Å². The summed E-state index contributed by atoms with van der Waals surface area (Å²) in [6, 6.07) is 14.7. The number of benzene rings is 2. The van der Waals surface area contributed by atoms with Crippen molar-refractivity contribution in [3.63, 3.8) is 0 Å². The molecular formula is C20H20N2O3S. The van der Waals surface area contributed by atoms with Crippen molar-refractivity contribution >= 4 is 33.9 Å². The molecule has 1 aromatic heterocycles. The Hall–Kier alpha value is -2.44. The lowest BCUT2D eigenvalue weighted by Crippen LogP contribution is -2.30. The first-order valence-corrected chi connectivity index (χ1v) is 9.70. The molecule has 6 heteroatoms. The number of hydrogen-bond acceptors (Lipinski definition) is 4. The highest BCUT2D eigenvalue weighted by molar-refractivity contribution is 7.90. The molecule has 1 unspecified atom stereocenters. The predicted molar refractivity (Wildman–Crippen MR) is 103 cm³/mol. The van der Waals surface area contributed by atoms with E-state index in [-0.39, 0.29) is 5.76 Å². The second-order valence-corrected chi connectivity index (χ2v) is 7.96. The van der Waals surface area contributed by atoms with Crippen molar-refractivity contribution in [1.29, 1.82) is 0 Å². The maximum absolute atomic E-state index is 12.5. The Kier molecular flexibility index (Phi) is 4.38. The maximum Gasteiger partial charge on any atom is 0.328 e. The summed E-state index contributed by atoms with van der Waals surface area (Å²) in [7, 11) is 3.95. The molecule has 134 valence electrons. The molecular weight excluding hydrogens is 348 g/mol. The molecule has 3 aromatic rings. The van der Waals surface area contributed by atoms with Crippen molar-refractivity contribution in [3.05, 3.63) is 59.9 Å². The monoisotopic (exact) mass is 368 g/mol. The lowest BCUT2D eigenvalue weighted by molar-refractivity contribution is 0.0956. The van der Waals surface area contributed by atoms with Gasteiger partial charge in [0.2, 0.25) is 0 Å². The van der Waals surface area contributed by atoms with Gasteiger partial charge in [-0.25, -0.2) is 0 Å². The van der Waals surface area contributed by atoms with E-state index in [1.54, 1.807) is 30.3 Å². The Morgan fingerprint density at radius 1 is 1.19 bits per heavy atom. The molecule has 0 bridgehead atoms. The SMILES string of the molecule is CN(C)c1cc(C2CC2)cc2oc(C(=O)N[S+]([O-])c3ccccc3)cc12. The summed E-state index contributed by atoms with van der Waals surface area (Å²) < 4.78 is 20.6. The zero-order valence-electron chi connectivity index (χ0n) is 14.7. The molecule has 1 heterocycles. The Bertz CT molecular complexity index is 948. The molecule has 5 nitrogen and oxygen atoms in total. The first-order chi connectivity index (χ1) is 12.5. The van der Waals surface area contributed by atoms with E-state index < -0.39 is 17.3 Å². The zero-order chi connectivity index (χ0) is 18.3. The minimum Gasteiger partial charge on any atom is -0.588 e. The fourth-order valence-electron chi connectivity index (χ4n) is 3.01. The van der Waals surface area contributed by atoms with Gasteiger partial charge in [0.25, 0.3) is 0 Å². The molecule has 0 radical (unpaired) electrons. The molecule has 1 saturated carbocycles. The molecule has 1 amide bonds. The van der Waals surface area contributed by atoms with Gasteiger partial charge in [-0.1, -0.05) is 18.2 Å². The van der Waals surface area contributed by atoms with Crippen LogP contribution in [0.2, 0.25) is 0 Å². The second kappa shape index (κ2) is 6.70. The molecule has 1 N–H and O–H groups in total. The zero-order valence-corrected chi connectivity index (χ0v) is 15.5. The van der Waals surface area contributed by atoms with Crippen LogP contribution in [0.5, 0.6) is 0 Å². The highest BCUT2D eigenvalue weighted by Gasteiger charge is 2.27. The molecule has 1 atom stereocenters. The number of furan rings is 1. The Morgan fingerprint density at radius 2 is 1.92 bits per heavy atom. The van der Waals surface area contributed by atoms with Gasteiger partial charge in [0.1, 0.15) is 16.9 Å². The van der Waals surface area contributed by atoms with Crippen LogP contribution in [-0.4, -0.2) is 24.6 Å².